The average molecular weight is 171 g/mol. The summed E-state index contributed by atoms with van der Waals surface area (Å²) in [5.41, 5.74) is 0. The smallest absolute Gasteiger partial charge is 0.206 e. The summed E-state index contributed by atoms with van der Waals surface area (Å²) in [5, 5.41) is 12.9. The summed E-state index contributed by atoms with van der Waals surface area (Å²) < 4.78 is 5.01. The maximum atomic E-state index is 5.01. The quantitative estimate of drug-likeness (QED) is 0.710. The average Bonchev–Trinajstić information content (AvgIpc) is 2.27. The molecule has 0 atom stereocenters. The van der Waals surface area contributed by atoms with Crippen LogP contribution in [-0.2, 0) is 4.74 Å². The minimum absolute atomic E-state index is 0.447. The molecule has 1 aromatic rings. The fourth-order valence-corrected chi connectivity index (χ4v) is 1.52. The zero-order chi connectivity index (χ0) is 7.68. The summed E-state index contributed by atoms with van der Waals surface area (Å²) >= 11 is 1.58. The lowest BCUT2D eigenvalue weighted by Gasteiger charge is -2.26. The Balaban J connectivity index is 1.95. The van der Waals surface area contributed by atoms with E-state index in [1.165, 1.54) is 0 Å². The number of hydrogen-bond acceptors (Lipinski definition) is 5. The van der Waals surface area contributed by atoms with Gasteiger partial charge in [-0.25, -0.2) is 0 Å². The Morgan fingerprint density at radius 2 is 2.36 bits per heavy atom. The molecule has 0 amide bonds. The van der Waals surface area contributed by atoms with Crippen LogP contribution in [0.1, 0.15) is 5.01 Å². The lowest BCUT2D eigenvalue weighted by molar-refractivity contribution is 0.0211. The predicted molar refractivity (Wildman–Crippen MR) is 42.9 cm³/mol. The molecule has 2 rings (SSSR count). The highest BCUT2D eigenvalue weighted by Crippen LogP contribution is 2.16. The van der Waals surface area contributed by atoms with Crippen molar-refractivity contribution >= 4 is 16.5 Å². The third kappa shape index (κ3) is 1.49. The molecule has 4 nitrogen and oxygen atoms in total. The molecule has 1 aliphatic rings. The Morgan fingerprint density at radius 1 is 1.55 bits per heavy atom. The van der Waals surface area contributed by atoms with Crippen molar-refractivity contribution < 1.29 is 4.74 Å². The highest BCUT2D eigenvalue weighted by molar-refractivity contribution is 7.15. The molecule has 1 aromatic heterocycles. The summed E-state index contributed by atoms with van der Waals surface area (Å²) in [6.07, 6.45) is 0. The van der Waals surface area contributed by atoms with Crippen LogP contribution in [0, 0.1) is 6.92 Å². The normalized spacial score (nSPS) is 17.9. The minimum Gasteiger partial charge on any atom is -0.377 e. The SMILES string of the molecule is Cc1nnc(NC2COC2)s1. The molecule has 0 radical (unpaired) electrons. The molecule has 1 N–H and O–H groups in total. The third-order valence-corrected chi connectivity index (χ3v) is 2.26. The van der Waals surface area contributed by atoms with Gasteiger partial charge in [0.2, 0.25) is 5.13 Å². The third-order valence-electron chi connectivity index (χ3n) is 1.49. The van der Waals surface area contributed by atoms with E-state index in [1.54, 1.807) is 11.3 Å². The van der Waals surface area contributed by atoms with Crippen LogP contribution >= 0.6 is 11.3 Å². The van der Waals surface area contributed by atoms with Crippen molar-refractivity contribution in [3.05, 3.63) is 5.01 Å². The van der Waals surface area contributed by atoms with E-state index in [2.05, 4.69) is 15.5 Å². The molecule has 60 valence electrons. The summed E-state index contributed by atoms with van der Waals surface area (Å²) in [6, 6.07) is 0.447. The fraction of sp³-hybridized carbons (Fsp3) is 0.667. The van der Waals surface area contributed by atoms with E-state index in [-0.39, 0.29) is 0 Å². The maximum absolute atomic E-state index is 5.01. The van der Waals surface area contributed by atoms with Gasteiger partial charge >= 0.3 is 0 Å². The van der Waals surface area contributed by atoms with Crippen molar-refractivity contribution in [3.63, 3.8) is 0 Å². The molecule has 0 saturated carbocycles. The lowest BCUT2D eigenvalue weighted by Crippen LogP contribution is -2.40. The van der Waals surface area contributed by atoms with Gasteiger partial charge in [0.1, 0.15) is 5.01 Å². The number of aromatic nitrogens is 2. The van der Waals surface area contributed by atoms with Crippen LogP contribution in [0.2, 0.25) is 0 Å². The van der Waals surface area contributed by atoms with Gasteiger partial charge in [0.25, 0.3) is 0 Å². The molecule has 0 aliphatic carbocycles. The first-order valence-corrected chi connectivity index (χ1v) is 4.30. The molecule has 1 saturated heterocycles. The Hall–Kier alpha value is -0.680. The number of aryl methyl sites for hydroxylation is 1. The molecule has 1 fully saturated rings. The van der Waals surface area contributed by atoms with Gasteiger partial charge in [-0.15, -0.1) is 10.2 Å². The molecule has 1 aliphatic heterocycles. The monoisotopic (exact) mass is 171 g/mol. The molecule has 0 bridgehead atoms. The summed E-state index contributed by atoms with van der Waals surface area (Å²) in [6.45, 7) is 3.53. The van der Waals surface area contributed by atoms with Crippen molar-refractivity contribution in [1.82, 2.24) is 10.2 Å². The zero-order valence-electron chi connectivity index (χ0n) is 6.20. The molecule has 0 spiro atoms. The van der Waals surface area contributed by atoms with E-state index in [0.29, 0.717) is 6.04 Å². The van der Waals surface area contributed by atoms with E-state index in [1.807, 2.05) is 6.92 Å². The van der Waals surface area contributed by atoms with Crippen molar-refractivity contribution in [2.45, 2.75) is 13.0 Å². The predicted octanol–water partition coefficient (Wildman–Crippen LogP) is 0.657. The van der Waals surface area contributed by atoms with E-state index in [4.69, 9.17) is 4.74 Å². The largest absolute Gasteiger partial charge is 0.377 e. The molecular weight excluding hydrogens is 162 g/mol. The second kappa shape index (κ2) is 2.75. The number of hydrogen-bond donors (Lipinski definition) is 1. The Kier molecular flexibility index (Phi) is 1.75. The molecule has 0 unspecified atom stereocenters. The van der Waals surface area contributed by atoms with Gasteiger partial charge < -0.3 is 10.1 Å². The first-order chi connectivity index (χ1) is 5.34. The first kappa shape index (κ1) is 7.00. The molecule has 5 heteroatoms. The van der Waals surface area contributed by atoms with Gasteiger partial charge in [-0.05, 0) is 6.92 Å². The molecular formula is C6H9N3OS. The van der Waals surface area contributed by atoms with Crippen LogP contribution in [0.3, 0.4) is 0 Å². The van der Waals surface area contributed by atoms with Gasteiger partial charge in [0, 0.05) is 0 Å². The van der Waals surface area contributed by atoms with Crippen LogP contribution in [0.25, 0.3) is 0 Å². The number of ether oxygens (including phenoxy) is 1. The standard InChI is InChI=1S/C6H9N3OS/c1-4-8-9-6(11-4)7-5-2-10-3-5/h5H,2-3H2,1H3,(H,7,9). The van der Waals surface area contributed by atoms with Crippen LogP contribution in [0.5, 0.6) is 0 Å². The summed E-state index contributed by atoms with van der Waals surface area (Å²) in [7, 11) is 0. The highest BCUT2D eigenvalue weighted by atomic mass is 32.1. The van der Waals surface area contributed by atoms with Gasteiger partial charge in [-0.3, -0.25) is 0 Å². The summed E-state index contributed by atoms with van der Waals surface area (Å²) in [4.78, 5) is 0. The Bertz CT molecular complexity index is 246. The van der Waals surface area contributed by atoms with E-state index in [0.717, 1.165) is 23.4 Å². The molecule has 0 aromatic carbocycles. The van der Waals surface area contributed by atoms with Crippen LogP contribution < -0.4 is 5.32 Å². The number of nitrogens with one attached hydrogen (secondary N) is 1. The van der Waals surface area contributed by atoms with Crippen LogP contribution in [-0.4, -0.2) is 29.5 Å². The second-order valence-electron chi connectivity index (χ2n) is 2.50. The maximum Gasteiger partial charge on any atom is 0.206 e. The van der Waals surface area contributed by atoms with Crippen molar-refractivity contribution in [1.29, 1.82) is 0 Å². The van der Waals surface area contributed by atoms with Crippen LogP contribution in [0.4, 0.5) is 5.13 Å². The molecule has 2 heterocycles. The Labute approximate surface area is 68.6 Å². The highest BCUT2D eigenvalue weighted by Gasteiger charge is 2.18. The second-order valence-corrected chi connectivity index (χ2v) is 3.69. The fourth-order valence-electron chi connectivity index (χ4n) is 0.849. The van der Waals surface area contributed by atoms with Crippen molar-refractivity contribution in [3.8, 4) is 0 Å². The number of rotatable bonds is 2. The van der Waals surface area contributed by atoms with Crippen molar-refractivity contribution in [2.24, 2.45) is 0 Å². The van der Waals surface area contributed by atoms with Gasteiger partial charge in [-0.2, -0.15) is 0 Å². The van der Waals surface area contributed by atoms with E-state index in [9.17, 15) is 0 Å². The number of nitrogens with zero attached hydrogens (tertiary/aromatic N) is 2. The lowest BCUT2D eigenvalue weighted by atomic mass is 10.3. The van der Waals surface area contributed by atoms with E-state index >= 15 is 0 Å². The van der Waals surface area contributed by atoms with Crippen LogP contribution in [0.15, 0.2) is 0 Å². The van der Waals surface area contributed by atoms with Gasteiger partial charge in [-0.1, -0.05) is 11.3 Å². The van der Waals surface area contributed by atoms with Gasteiger partial charge in [0.05, 0.1) is 19.3 Å². The van der Waals surface area contributed by atoms with E-state index < -0.39 is 0 Å². The first-order valence-electron chi connectivity index (χ1n) is 3.49. The summed E-state index contributed by atoms with van der Waals surface area (Å²) in [5.74, 6) is 0. The van der Waals surface area contributed by atoms with Gasteiger partial charge in [0.15, 0.2) is 0 Å². The Morgan fingerprint density at radius 3 is 2.82 bits per heavy atom. The zero-order valence-corrected chi connectivity index (χ0v) is 7.02. The van der Waals surface area contributed by atoms with Crippen molar-refractivity contribution in [2.75, 3.05) is 18.5 Å². The minimum atomic E-state index is 0.447. The molecule has 11 heavy (non-hydrogen) atoms. The topological polar surface area (TPSA) is 47.0 Å². The number of anilines is 1.